The van der Waals surface area contributed by atoms with Crippen LogP contribution in [0.15, 0.2) is 0 Å². The summed E-state index contributed by atoms with van der Waals surface area (Å²) in [4.78, 5) is 33.7. The van der Waals surface area contributed by atoms with Gasteiger partial charge in [-0.3, -0.25) is 9.59 Å². The van der Waals surface area contributed by atoms with Crippen LogP contribution in [0.4, 0.5) is 0 Å². The Kier molecular flexibility index (Phi) is 9.10. The lowest BCUT2D eigenvalue weighted by atomic mass is 10.0. The molecule has 0 aromatic heterocycles. The molecule has 0 bridgehead atoms. The van der Waals surface area contributed by atoms with Crippen LogP contribution in [0, 0.1) is 0 Å². The summed E-state index contributed by atoms with van der Waals surface area (Å²) in [5.74, 6) is -0.225. The molecule has 0 aliphatic rings. The number of Topliss-reactive ketones (excluding diaryl/α,β-unsaturated/α-hetero) is 2. The average Bonchev–Trinajstić information content (AvgIpc) is 2.32. The van der Waals surface area contributed by atoms with Crippen LogP contribution in [0.3, 0.4) is 0 Å². The summed E-state index contributed by atoms with van der Waals surface area (Å²) in [6, 6.07) is -0.279. The molecule has 0 rings (SSSR count). The molecule has 0 amide bonds. The highest BCUT2D eigenvalue weighted by Crippen LogP contribution is 2.01. The first kappa shape index (κ1) is 16.8. The summed E-state index contributed by atoms with van der Waals surface area (Å²) in [7, 11) is 0. The molecule has 0 saturated carbocycles. The summed E-state index contributed by atoms with van der Waals surface area (Å²) < 4.78 is 4.79. The first-order chi connectivity index (χ1) is 8.51. The molecule has 5 nitrogen and oxygen atoms in total. The number of rotatable bonds is 10. The van der Waals surface area contributed by atoms with E-state index in [1.54, 1.807) is 6.92 Å². The highest BCUT2D eigenvalue weighted by atomic mass is 16.5. The maximum absolute atomic E-state index is 11.7. The fourth-order valence-corrected chi connectivity index (χ4v) is 1.54. The predicted octanol–water partition coefficient (Wildman–Crippen LogP) is 1.25. The molecule has 1 unspecified atom stereocenters. The van der Waals surface area contributed by atoms with Gasteiger partial charge in [-0.05, 0) is 20.3 Å². The molecule has 0 aromatic rings. The van der Waals surface area contributed by atoms with Gasteiger partial charge in [-0.15, -0.1) is 0 Å². The van der Waals surface area contributed by atoms with Gasteiger partial charge in [0.05, 0.1) is 19.1 Å². The van der Waals surface area contributed by atoms with Crippen LogP contribution in [-0.2, 0) is 19.1 Å². The van der Waals surface area contributed by atoms with Crippen molar-refractivity contribution in [1.82, 2.24) is 5.32 Å². The molecule has 0 heterocycles. The van der Waals surface area contributed by atoms with Gasteiger partial charge in [0.1, 0.15) is 11.6 Å². The fourth-order valence-electron chi connectivity index (χ4n) is 1.54. The minimum absolute atomic E-state index is 0.0183. The molecule has 1 atom stereocenters. The number of ether oxygens (including phenoxy) is 1. The van der Waals surface area contributed by atoms with Crippen molar-refractivity contribution in [3.05, 3.63) is 0 Å². The second kappa shape index (κ2) is 9.76. The largest absolute Gasteiger partial charge is 0.466 e. The third-order valence-electron chi connectivity index (χ3n) is 2.55. The highest BCUT2D eigenvalue weighted by Gasteiger charge is 2.16. The van der Waals surface area contributed by atoms with E-state index >= 15 is 0 Å². The van der Waals surface area contributed by atoms with Crippen molar-refractivity contribution < 1.29 is 19.1 Å². The molecule has 0 aliphatic heterocycles. The third-order valence-corrected chi connectivity index (χ3v) is 2.55. The number of hydrogen-bond acceptors (Lipinski definition) is 5. The van der Waals surface area contributed by atoms with E-state index in [1.165, 1.54) is 6.92 Å². The van der Waals surface area contributed by atoms with Gasteiger partial charge in [-0.2, -0.15) is 0 Å². The molecule has 1 N–H and O–H groups in total. The monoisotopic (exact) mass is 257 g/mol. The number of ketones is 2. The van der Waals surface area contributed by atoms with Crippen LogP contribution in [0.25, 0.3) is 0 Å². The summed E-state index contributed by atoms with van der Waals surface area (Å²) in [6.07, 6.45) is 1.46. The Balaban J connectivity index is 3.91. The lowest BCUT2D eigenvalue weighted by Crippen LogP contribution is -2.37. The van der Waals surface area contributed by atoms with Gasteiger partial charge in [-0.25, -0.2) is 0 Å². The average molecular weight is 257 g/mol. The third kappa shape index (κ3) is 7.95. The van der Waals surface area contributed by atoms with E-state index in [0.29, 0.717) is 19.6 Å². The molecule has 0 radical (unpaired) electrons. The van der Waals surface area contributed by atoms with Gasteiger partial charge < -0.3 is 14.8 Å². The van der Waals surface area contributed by atoms with E-state index in [0.717, 1.165) is 0 Å². The summed E-state index contributed by atoms with van der Waals surface area (Å²) in [6.45, 7) is 5.91. The van der Waals surface area contributed by atoms with Crippen molar-refractivity contribution in [3.8, 4) is 0 Å². The molecule has 0 spiro atoms. The topological polar surface area (TPSA) is 72.5 Å². The molecule has 18 heavy (non-hydrogen) atoms. The first-order valence-electron chi connectivity index (χ1n) is 6.42. The van der Waals surface area contributed by atoms with Gasteiger partial charge in [0.15, 0.2) is 0 Å². The maximum atomic E-state index is 11.7. The highest BCUT2D eigenvalue weighted by molar-refractivity contribution is 5.88. The fraction of sp³-hybridized carbons (Fsp3) is 0.769. The molecule has 0 saturated heterocycles. The maximum Gasteiger partial charge on any atom is 0.307 e. The Morgan fingerprint density at radius 2 is 1.78 bits per heavy atom. The predicted molar refractivity (Wildman–Crippen MR) is 68.3 cm³/mol. The summed E-state index contributed by atoms with van der Waals surface area (Å²) >= 11 is 0. The van der Waals surface area contributed by atoms with Crippen molar-refractivity contribution in [1.29, 1.82) is 0 Å². The Morgan fingerprint density at radius 3 is 2.28 bits per heavy atom. The summed E-state index contributed by atoms with van der Waals surface area (Å²) in [5.41, 5.74) is 0. The van der Waals surface area contributed by atoms with Gasteiger partial charge >= 0.3 is 5.97 Å². The van der Waals surface area contributed by atoms with E-state index in [4.69, 9.17) is 4.74 Å². The molecule has 5 heteroatoms. The molecular weight excluding hydrogens is 234 g/mol. The van der Waals surface area contributed by atoms with E-state index in [9.17, 15) is 14.4 Å². The van der Waals surface area contributed by atoms with E-state index in [2.05, 4.69) is 5.32 Å². The molecule has 0 fully saturated rings. The van der Waals surface area contributed by atoms with Crippen molar-refractivity contribution in [2.45, 2.75) is 52.5 Å². The Labute approximate surface area is 108 Å². The molecular formula is C13H23NO4. The first-order valence-corrected chi connectivity index (χ1v) is 6.42. The van der Waals surface area contributed by atoms with E-state index in [1.807, 2.05) is 6.92 Å². The van der Waals surface area contributed by atoms with Crippen LogP contribution < -0.4 is 5.32 Å². The Morgan fingerprint density at radius 1 is 1.11 bits per heavy atom. The number of carbonyl (C=O) groups excluding carboxylic acids is 3. The number of esters is 1. The second-order valence-corrected chi connectivity index (χ2v) is 4.14. The van der Waals surface area contributed by atoms with Gasteiger partial charge in [-0.1, -0.05) is 6.92 Å². The molecule has 0 aliphatic carbocycles. The number of nitrogens with one attached hydrogen (secondary N) is 1. The zero-order valence-electron chi connectivity index (χ0n) is 11.5. The lowest BCUT2D eigenvalue weighted by molar-refractivity contribution is -0.143. The quantitative estimate of drug-likeness (QED) is 0.596. The Hall–Kier alpha value is -1.23. The van der Waals surface area contributed by atoms with Gasteiger partial charge in [0, 0.05) is 19.4 Å². The zero-order valence-corrected chi connectivity index (χ0v) is 11.5. The summed E-state index contributed by atoms with van der Waals surface area (Å²) in [5, 5.41) is 3.02. The van der Waals surface area contributed by atoms with Crippen LogP contribution in [0.5, 0.6) is 0 Å². The lowest BCUT2D eigenvalue weighted by Gasteiger charge is -2.15. The van der Waals surface area contributed by atoms with Crippen LogP contribution in [0.1, 0.15) is 46.5 Å². The van der Waals surface area contributed by atoms with Crippen LogP contribution in [0.2, 0.25) is 0 Å². The number of hydrogen-bond donors (Lipinski definition) is 1. The van der Waals surface area contributed by atoms with Gasteiger partial charge in [0.2, 0.25) is 0 Å². The second-order valence-electron chi connectivity index (χ2n) is 4.14. The van der Waals surface area contributed by atoms with Crippen LogP contribution in [-0.4, -0.2) is 36.7 Å². The van der Waals surface area contributed by atoms with Crippen molar-refractivity contribution in [2.24, 2.45) is 0 Å². The molecule has 0 aromatic carbocycles. The smallest absolute Gasteiger partial charge is 0.307 e. The van der Waals surface area contributed by atoms with Gasteiger partial charge in [0.25, 0.3) is 0 Å². The van der Waals surface area contributed by atoms with Crippen LogP contribution >= 0.6 is 0 Å². The van der Waals surface area contributed by atoms with Crippen molar-refractivity contribution >= 4 is 17.5 Å². The van der Waals surface area contributed by atoms with E-state index in [-0.39, 0.29) is 42.8 Å². The normalized spacial score (nSPS) is 11.9. The minimum atomic E-state index is -0.279. The minimum Gasteiger partial charge on any atom is -0.466 e. The van der Waals surface area contributed by atoms with Crippen molar-refractivity contribution in [2.75, 3.05) is 13.2 Å². The SMILES string of the molecule is CCOC(=O)CCNC(CC)C(=O)CCC(C)=O. The van der Waals surface area contributed by atoms with E-state index < -0.39 is 0 Å². The number of carbonyl (C=O) groups is 3. The standard InChI is InChI=1S/C13H23NO4/c1-4-11(12(16)7-6-10(3)15)14-9-8-13(17)18-5-2/h11,14H,4-9H2,1-3H3. The zero-order chi connectivity index (χ0) is 14.0. The van der Waals surface area contributed by atoms with Crippen molar-refractivity contribution in [3.63, 3.8) is 0 Å². The Bertz CT molecular complexity index is 289. The molecule has 104 valence electrons.